The highest BCUT2D eigenvalue weighted by Crippen LogP contribution is 2.32. The van der Waals surface area contributed by atoms with Crippen molar-refractivity contribution in [2.45, 2.75) is 38.5 Å². The van der Waals surface area contributed by atoms with Gasteiger partial charge in [-0.25, -0.2) is 0 Å². The van der Waals surface area contributed by atoms with Crippen molar-refractivity contribution in [3.63, 3.8) is 0 Å². The van der Waals surface area contributed by atoms with Gasteiger partial charge in [0.15, 0.2) is 0 Å². The Morgan fingerprint density at radius 2 is 1.82 bits per heavy atom. The molecule has 4 rings (SSSR count). The lowest BCUT2D eigenvalue weighted by molar-refractivity contribution is -0.116. The summed E-state index contributed by atoms with van der Waals surface area (Å²) in [6, 6.07) is 14.4. The number of rotatable bonds is 6. The molecule has 0 bridgehead atoms. The summed E-state index contributed by atoms with van der Waals surface area (Å²) in [6.45, 7) is 0. The number of aromatic amines is 1. The van der Waals surface area contributed by atoms with Crippen molar-refractivity contribution in [2.75, 3.05) is 5.32 Å². The number of benzene rings is 2. The molecule has 0 radical (unpaired) electrons. The van der Waals surface area contributed by atoms with E-state index in [4.69, 9.17) is 11.6 Å². The van der Waals surface area contributed by atoms with Crippen LogP contribution in [0.15, 0.2) is 48.5 Å². The van der Waals surface area contributed by atoms with E-state index in [1.54, 1.807) is 24.3 Å². The fraction of sp³-hybridized carbons (Fsp3) is 0.304. The molecule has 2 N–H and O–H groups in total. The number of nitrogens with one attached hydrogen (secondary N) is 2. The molecule has 2 aromatic carbocycles. The summed E-state index contributed by atoms with van der Waals surface area (Å²) in [5, 5.41) is 4.36. The highest BCUT2D eigenvalue weighted by Gasteiger charge is 2.22. The highest BCUT2D eigenvalue weighted by molar-refractivity contribution is 6.31. The summed E-state index contributed by atoms with van der Waals surface area (Å²) in [5.74, 6) is 0.446. The number of fused-ring (bicyclic) bond motifs is 1. The molecule has 0 spiro atoms. The van der Waals surface area contributed by atoms with Crippen LogP contribution >= 0.6 is 11.6 Å². The Morgan fingerprint density at radius 1 is 1.07 bits per heavy atom. The number of hydrogen-bond donors (Lipinski definition) is 2. The summed E-state index contributed by atoms with van der Waals surface area (Å²) in [6.07, 6.45) is 6.36. The molecule has 0 atom stereocenters. The van der Waals surface area contributed by atoms with E-state index in [1.165, 1.54) is 25.7 Å². The van der Waals surface area contributed by atoms with Crippen molar-refractivity contribution in [2.24, 2.45) is 5.92 Å². The summed E-state index contributed by atoms with van der Waals surface area (Å²) in [5.41, 5.74) is 2.23. The third kappa shape index (κ3) is 3.97. The molecule has 1 fully saturated rings. The first-order valence-electron chi connectivity index (χ1n) is 9.82. The standard InChI is InChI=1S/C23H23ClN2O2/c24-17-11-12-18-19(14-17)25-22(23(28)16-8-2-1-3-9-16)21(18)26-20(27)13-10-15-6-4-5-7-15/h1-3,8-9,11-12,14-15,25H,4-7,10,13H2,(H,26,27). The molecule has 0 aliphatic heterocycles. The molecule has 1 aliphatic carbocycles. The van der Waals surface area contributed by atoms with Gasteiger partial charge in [-0.3, -0.25) is 9.59 Å². The van der Waals surface area contributed by atoms with Gasteiger partial charge in [0.05, 0.1) is 5.69 Å². The SMILES string of the molecule is O=C(CCC1CCCC1)Nc1c(C(=O)c2ccccc2)[nH]c2cc(Cl)ccc12. The number of carbonyl (C=O) groups excluding carboxylic acids is 2. The summed E-state index contributed by atoms with van der Waals surface area (Å²) in [7, 11) is 0. The van der Waals surface area contributed by atoms with Crippen molar-refractivity contribution in [3.05, 3.63) is 64.8 Å². The summed E-state index contributed by atoms with van der Waals surface area (Å²) < 4.78 is 0. The lowest BCUT2D eigenvalue weighted by Crippen LogP contribution is -2.15. The van der Waals surface area contributed by atoms with Crippen LogP contribution in [0.3, 0.4) is 0 Å². The number of amides is 1. The first-order chi connectivity index (χ1) is 13.6. The van der Waals surface area contributed by atoms with E-state index < -0.39 is 0 Å². The predicted molar refractivity (Wildman–Crippen MR) is 113 cm³/mol. The number of ketones is 1. The maximum atomic E-state index is 13.1. The predicted octanol–water partition coefficient (Wildman–Crippen LogP) is 5.96. The van der Waals surface area contributed by atoms with E-state index in [9.17, 15) is 9.59 Å². The monoisotopic (exact) mass is 394 g/mol. The highest BCUT2D eigenvalue weighted by atomic mass is 35.5. The maximum Gasteiger partial charge on any atom is 0.224 e. The quantitative estimate of drug-likeness (QED) is 0.506. The van der Waals surface area contributed by atoms with E-state index in [0.29, 0.717) is 34.3 Å². The Morgan fingerprint density at radius 3 is 2.57 bits per heavy atom. The summed E-state index contributed by atoms with van der Waals surface area (Å²) in [4.78, 5) is 28.8. The molecule has 1 heterocycles. The first kappa shape index (κ1) is 18.8. The van der Waals surface area contributed by atoms with Gasteiger partial charge in [-0.2, -0.15) is 0 Å². The van der Waals surface area contributed by atoms with Crippen LogP contribution in [-0.4, -0.2) is 16.7 Å². The fourth-order valence-electron chi connectivity index (χ4n) is 4.04. The van der Waals surface area contributed by atoms with Crippen molar-refractivity contribution in [1.29, 1.82) is 0 Å². The zero-order valence-corrected chi connectivity index (χ0v) is 16.4. The number of halogens is 1. The van der Waals surface area contributed by atoms with Crippen molar-refractivity contribution >= 4 is 39.9 Å². The van der Waals surface area contributed by atoms with E-state index >= 15 is 0 Å². The zero-order valence-electron chi connectivity index (χ0n) is 15.6. The van der Waals surface area contributed by atoms with Gasteiger partial charge in [-0.05, 0) is 30.5 Å². The Hall–Kier alpha value is -2.59. The first-order valence-corrected chi connectivity index (χ1v) is 10.2. The summed E-state index contributed by atoms with van der Waals surface area (Å²) >= 11 is 6.11. The van der Waals surface area contributed by atoms with E-state index in [-0.39, 0.29) is 11.7 Å². The number of anilines is 1. The molecule has 1 amide bonds. The van der Waals surface area contributed by atoms with Crippen LogP contribution in [0.25, 0.3) is 10.9 Å². The van der Waals surface area contributed by atoms with Gasteiger partial charge >= 0.3 is 0 Å². The Kier molecular flexibility index (Phi) is 5.49. The normalized spacial score (nSPS) is 14.5. The smallest absolute Gasteiger partial charge is 0.224 e. The van der Waals surface area contributed by atoms with Crippen LogP contribution in [0, 0.1) is 5.92 Å². The Labute approximate surface area is 169 Å². The van der Waals surface area contributed by atoms with Gasteiger partial charge in [-0.1, -0.05) is 67.6 Å². The number of H-pyrrole nitrogens is 1. The number of aromatic nitrogens is 1. The third-order valence-electron chi connectivity index (χ3n) is 5.54. The molecule has 3 aromatic rings. The van der Waals surface area contributed by atoms with Crippen molar-refractivity contribution in [1.82, 2.24) is 4.98 Å². The topological polar surface area (TPSA) is 62.0 Å². The van der Waals surface area contributed by atoms with E-state index in [1.807, 2.05) is 24.3 Å². The molecule has 5 heteroatoms. The van der Waals surface area contributed by atoms with Gasteiger partial charge in [-0.15, -0.1) is 0 Å². The second-order valence-electron chi connectivity index (χ2n) is 7.50. The van der Waals surface area contributed by atoms with Crippen molar-refractivity contribution < 1.29 is 9.59 Å². The maximum absolute atomic E-state index is 13.1. The molecule has 144 valence electrons. The van der Waals surface area contributed by atoms with Gasteiger partial charge in [0.25, 0.3) is 0 Å². The van der Waals surface area contributed by atoms with Crippen LogP contribution in [0.5, 0.6) is 0 Å². The van der Waals surface area contributed by atoms with Gasteiger partial charge in [0, 0.05) is 27.9 Å². The molecule has 1 aromatic heterocycles. The molecule has 1 aliphatic rings. The lowest BCUT2D eigenvalue weighted by atomic mass is 10.0. The molecule has 0 unspecified atom stereocenters. The molecule has 0 saturated heterocycles. The Bertz CT molecular complexity index is 1000. The van der Waals surface area contributed by atoms with E-state index in [0.717, 1.165) is 17.3 Å². The van der Waals surface area contributed by atoms with Gasteiger partial charge < -0.3 is 10.3 Å². The molecule has 4 nitrogen and oxygen atoms in total. The second kappa shape index (κ2) is 8.19. The Balaban J connectivity index is 1.63. The molecule has 28 heavy (non-hydrogen) atoms. The third-order valence-corrected chi connectivity index (χ3v) is 5.78. The molecular formula is C23H23ClN2O2. The van der Waals surface area contributed by atoms with Crippen LogP contribution < -0.4 is 5.32 Å². The average molecular weight is 395 g/mol. The zero-order chi connectivity index (χ0) is 19.5. The minimum absolute atomic E-state index is 0.0511. The van der Waals surface area contributed by atoms with Gasteiger partial charge in [0.2, 0.25) is 11.7 Å². The minimum Gasteiger partial charge on any atom is -0.350 e. The second-order valence-corrected chi connectivity index (χ2v) is 7.93. The lowest BCUT2D eigenvalue weighted by Gasteiger charge is -2.10. The van der Waals surface area contributed by atoms with Crippen LogP contribution in [0.1, 0.15) is 54.6 Å². The fourth-order valence-corrected chi connectivity index (χ4v) is 4.21. The van der Waals surface area contributed by atoms with Gasteiger partial charge in [0.1, 0.15) is 5.69 Å². The van der Waals surface area contributed by atoms with Crippen molar-refractivity contribution in [3.8, 4) is 0 Å². The number of carbonyl (C=O) groups is 2. The average Bonchev–Trinajstić information content (AvgIpc) is 3.34. The molecule has 1 saturated carbocycles. The van der Waals surface area contributed by atoms with Crippen LogP contribution in [0.2, 0.25) is 5.02 Å². The largest absolute Gasteiger partial charge is 0.350 e. The van der Waals surface area contributed by atoms with Crippen LogP contribution in [-0.2, 0) is 4.79 Å². The van der Waals surface area contributed by atoms with E-state index in [2.05, 4.69) is 10.3 Å². The van der Waals surface area contributed by atoms with Crippen LogP contribution in [0.4, 0.5) is 5.69 Å². The minimum atomic E-state index is -0.154. The number of hydrogen-bond acceptors (Lipinski definition) is 2. The molecular weight excluding hydrogens is 372 g/mol.